The summed E-state index contributed by atoms with van der Waals surface area (Å²) < 4.78 is 0. The van der Waals surface area contributed by atoms with Gasteiger partial charge in [0.15, 0.2) is 0 Å². The average Bonchev–Trinajstić information content (AvgIpc) is 2.84. The van der Waals surface area contributed by atoms with Crippen LogP contribution in [0.3, 0.4) is 0 Å². The van der Waals surface area contributed by atoms with Crippen LogP contribution in [-0.2, 0) is 4.79 Å². The van der Waals surface area contributed by atoms with Gasteiger partial charge in [-0.15, -0.1) is 0 Å². The number of benzene rings is 1. The number of carbonyl (C=O) groups excluding carboxylic acids is 1. The minimum absolute atomic E-state index is 0.122. The van der Waals surface area contributed by atoms with Gasteiger partial charge in [-0.3, -0.25) is 9.69 Å². The van der Waals surface area contributed by atoms with Crippen LogP contribution in [-0.4, -0.2) is 41.8 Å². The molecule has 96 valence electrons. The maximum Gasteiger partial charge on any atom is 0.254 e. The lowest BCUT2D eigenvalue weighted by Gasteiger charge is -2.12. The first-order valence-corrected chi connectivity index (χ1v) is 6.08. The van der Waals surface area contributed by atoms with Crippen molar-refractivity contribution in [3.05, 3.63) is 29.8 Å². The largest absolute Gasteiger partial charge is 0.507 e. The van der Waals surface area contributed by atoms with E-state index in [9.17, 15) is 9.90 Å². The molecule has 5 nitrogen and oxygen atoms in total. The van der Waals surface area contributed by atoms with Crippen molar-refractivity contribution in [2.24, 2.45) is 5.10 Å². The van der Waals surface area contributed by atoms with Gasteiger partial charge in [-0.25, -0.2) is 5.43 Å². The summed E-state index contributed by atoms with van der Waals surface area (Å²) in [4.78, 5) is 13.6. The van der Waals surface area contributed by atoms with Crippen LogP contribution in [0.15, 0.2) is 29.4 Å². The number of carbonyl (C=O) groups is 1. The third-order valence-electron chi connectivity index (χ3n) is 2.90. The van der Waals surface area contributed by atoms with Gasteiger partial charge in [0.2, 0.25) is 0 Å². The van der Waals surface area contributed by atoms with Crippen LogP contribution in [0, 0.1) is 0 Å². The summed E-state index contributed by atoms with van der Waals surface area (Å²) in [6, 6.07) is 6.84. The maximum atomic E-state index is 11.5. The van der Waals surface area contributed by atoms with Crippen molar-refractivity contribution < 1.29 is 9.90 Å². The van der Waals surface area contributed by atoms with E-state index in [0.717, 1.165) is 25.9 Å². The summed E-state index contributed by atoms with van der Waals surface area (Å²) in [5, 5.41) is 13.3. The monoisotopic (exact) mass is 247 g/mol. The Balaban J connectivity index is 1.80. The summed E-state index contributed by atoms with van der Waals surface area (Å²) in [5.41, 5.74) is 3.05. The molecule has 0 saturated carbocycles. The molecule has 1 aromatic carbocycles. The second-order valence-electron chi connectivity index (χ2n) is 4.34. The Morgan fingerprint density at radius 1 is 1.39 bits per heavy atom. The van der Waals surface area contributed by atoms with E-state index in [1.807, 2.05) is 0 Å². The van der Waals surface area contributed by atoms with Crippen LogP contribution in [0.1, 0.15) is 18.4 Å². The molecule has 0 radical (unpaired) electrons. The number of nitrogens with zero attached hydrogens (tertiary/aromatic N) is 2. The first-order valence-electron chi connectivity index (χ1n) is 6.08. The average molecular weight is 247 g/mol. The molecule has 0 atom stereocenters. The predicted molar refractivity (Wildman–Crippen MR) is 69.5 cm³/mol. The number of nitrogens with one attached hydrogen (secondary N) is 1. The molecule has 2 rings (SSSR count). The lowest BCUT2D eigenvalue weighted by atomic mass is 10.2. The molecular formula is C13H17N3O2. The number of amides is 1. The standard InChI is InChI=1S/C13H17N3O2/c17-12-6-2-1-5-11(12)9-14-15-13(18)10-16-7-3-4-8-16/h1-2,5-6,9,17H,3-4,7-8,10H2,(H,15,18)/b14-9+. The molecule has 0 aliphatic carbocycles. The molecule has 0 unspecified atom stereocenters. The second kappa shape index (κ2) is 6.16. The maximum absolute atomic E-state index is 11.5. The van der Waals surface area contributed by atoms with E-state index in [2.05, 4.69) is 15.4 Å². The van der Waals surface area contributed by atoms with E-state index in [1.165, 1.54) is 6.21 Å². The van der Waals surface area contributed by atoms with Crippen molar-refractivity contribution >= 4 is 12.1 Å². The third kappa shape index (κ3) is 3.56. The second-order valence-corrected chi connectivity index (χ2v) is 4.34. The van der Waals surface area contributed by atoms with Crippen molar-refractivity contribution in [1.82, 2.24) is 10.3 Å². The molecule has 0 aromatic heterocycles. The molecule has 1 heterocycles. The molecule has 1 amide bonds. The fraction of sp³-hybridized carbons (Fsp3) is 0.385. The molecule has 2 N–H and O–H groups in total. The van der Waals surface area contributed by atoms with Crippen molar-refractivity contribution in [2.45, 2.75) is 12.8 Å². The van der Waals surface area contributed by atoms with Gasteiger partial charge in [-0.05, 0) is 38.1 Å². The Morgan fingerprint density at radius 3 is 2.83 bits per heavy atom. The zero-order valence-corrected chi connectivity index (χ0v) is 10.2. The Bertz CT molecular complexity index is 440. The van der Waals surface area contributed by atoms with Crippen LogP contribution < -0.4 is 5.43 Å². The van der Waals surface area contributed by atoms with Gasteiger partial charge in [0.25, 0.3) is 5.91 Å². The van der Waals surface area contributed by atoms with E-state index in [0.29, 0.717) is 12.1 Å². The zero-order valence-electron chi connectivity index (χ0n) is 10.2. The highest BCUT2D eigenvalue weighted by Gasteiger charge is 2.14. The molecule has 1 aromatic rings. The van der Waals surface area contributed by atoms with Crippen molar-refractivity contribution in [2.75, 3.05) is 19.6 Å². The predicted octanol–water partition coefficient (Wildman–Crippen LogP) is 0.938. The number of phenols is 1. The van der Waals surface area contributed by atoms with Gasteiger partial charge in [-0.1, -0.05) is 12.1 Å². The Morgan fingerprint density at radius 2 is 2.11 bits per heavy atom. The fourth-order valence-electron chi connectivity index (χ4n) is 1.95. The van der Waals surface area contributed by atoms with E-state index in [4.69, 9.17) is 0 Å². The lowest BCUT2D eigenvalue weighted by molar-refractivity contribution is -0.121. The van der Waals surface area contributed by atoms with Gasteiger partial charge in [-0.2, -0.15) is 5.10 Å². The van der Waals surface area contributed by atoms with Crippen LogP contribution in [0.4, 0.5) is 0 Å². The summed E-state index contributed by atoms with van der Waals surface area (Å²) >= 11 is 0. The fourth-order valence-corrected chi connectivity index (χ4v) is 1.95. The van der Waals surface area contributed by atoms with Gasteiger partial charge in [0, 0.05) is 5.56 Å². The van der Waals surface area contributed by atoms with Gasteiger partial charge < -0.3 is 5.11 Å². The number of hydrogen-bond acceptors (Lipinski definition) is 4. The molecule has 5 heteroatoms. The number of rotatable bonds is 4. The zero-order chi connectivity index (χ0) is 12.8. The third-order valence-corrected chi connectivity index (χ3v) is 2.90. The summed E-state index contributed by atoms with van der Waals surface area (Å²) in [5.74, 6) is 0.0265. The minimum atomic E-state index is -0.122. The highest BCUT2D eigenvalue weighted by Crippen LogP contribution is 2.12. The van der Waals surface area contributed by atoms with Crippen LogP contribution in [0.25, 0.3) is 0 Å². The molecule has 1 aliphatic heterocycles. The molecule has 0 spiro atoms. The lowest BCUT2D eigenvalue weighted by Crippen LogP contribution is -2.33. The highest BCUT2D eigenvalue weighted by atomic mass is 16.3. The van der Waals surface area contributed by atoms with Crippen molar-refractivity contribution in [3.8, 4) is 5.75 Å². The number of likely N-dealkylation sites (tertiary alicyclic amines) is 1. The highest BCUT2D eigenvalue weighted by molar-refractivity contribution is 5.85. The first-order chi connectivity index (χ1) is 8.75. The first kappa shape index (κ1) is 12.6. The Kier molecular flexibility index (Phi) is 4.30. The number of para-hydroxylation sites is 1. The van der Waals surface area contributed by atoms with Crippen LogP contribution >= 0.6 is 0 Å². The van der Waals surface area contributed by atoms with Gasteiger partial charge in [0.1, 0.15) is 5.75 Å². The number of hydrogen-bond donors (Lipinski definition) is 2. The normalized spacial score (nSPS) is 16.2. The minimum Gasteiger partial charge on any atom is -0.507 e. The molecule has 1 saturated heterocycles. The smallest absolute Gasteiger partial charge is 0.254 e. The van der Waals surface area contributed by atoms with Gasteiger partial charge in [0.05, 0.1) is 12.8 Å². The molecule has 1 aliphatic rings. The molecule has 18 heavy (non-hydrogen) atoms. The van der Waals surface area contributed by atoms with Crippen LogP contribution in [0.2, 0.25) is 0 Å². The molecular weight excluding hydrogens is 230 g/mol. The molecule has 0 bridgehead atoms. The number of phenolic OH excluding ortho intramolecular Hbond substituents is 1. The Hall–Kier alpha value is -1.88. The topological polar surface area (TPSA) is 64.9 Å². The van der Waals surface area contributed by atoms with E-state index < -0.39 is 0 Å². The van der Waals surface area contributed by atoms with E-state index in [-0.39, 0.29) is 11.7 Å². The quantitative estimate of drug-likeness (QED) is 0.614. The number of aromatic hydroxyl groups is 1. The summed E-state index contributed by atoms with van der Waals surface area (Å²) in [6.07, 6.45) is 3.76. The van der Waals surface area contributed by atoms with Crippen molar-refractivity contribution in [1.29, 1.82) is 0 Å². The van der Waals surface area contributed by atoms with Crippen molar-refractivity contribution in [3.63, 3.8) is 0 Å². The number of hydrazone groups is 1. The van der Waals surface area contributed by atoms with E-state index >= 15 is 0 Å². The SMILES string of the molecule is O=C(CN1CCCC1)N/N=C/c1ccccc1O. The summed E-state index contributed by atoms with van der Waals surface area (Å²) in [6.45, 7) is 2.35. The van der Waals surface area contributed by atoms with E-state index in [1.54, 1.807) is 24.3 Å². The van der Waals surface area contributed by atoms with Gasteiger partial charge >= 0.3 is 0 Å². The Labute approximate surface area is 106 Å². The van der Waals surface area contributed by atoms with Crippen LogP contribution in [0.5, 0.6) is 5.75 Å². The summed E-state index contributed by atoms with van der Waals surface area (Å²) in [7, 11) is 0. The molecule has 1 fully saturated rings.